The Labute approximate surface area is 224 Å². The van der Waals surface area contributed by atoms with E-state index in [0.717, 1.165) is 4.57 Å². The summed E-state index contributed by atoms with van der Waals surface area (Å²) in [5.74, 6) is -0.0134. The minimum atomic E-state index is -0.649. The second kappa shape index (κ2) is 11.7. The molecule has 1 aromatic heterocycles. The van der Waals surface area contributed by atoms with Crippen molar-refractivity contribution in [1.82, 2.24) is 14.5 Å². The number of rotatable bonds is 9. The number of hydrogen-bond acceptors (Lipinski definition) is 6. The number of ether oxygens (including phenoxy) is 2. The van der Waals surface area contributed by atoms with Crippen LogP contribution in [0.1, 0.15) is 29.8 Å². The molecule has 2 amide bonds. The average molecular weight is 531 g/mol. The van der Waals surface area contributed by atoms with Crippen LogP contribution in [0.15, 0.2) is 76.3 Å². The normalized spacial score (nSPS) is 10.9. The third kappa shape index (κ3) is 6.01. The Morgan fingerprint density at radius 1 is 0.872 bits per heavy atom. The predicted molar refractivity (Wildman–Crippen MR) is 149 cm³/mol. The Hall–Kier alpha value is -4.86. The SMILES string of the molecule is COc1cc2c(=O)n(Cc3ccc(C(=O)Nc4ccccc4)cc3)c(=O)n(CC(=O)NC(C)C)c2cc1OC. The standard InChI is InChI=1S/C29H30N4O6/c1-18(2)30-26(34)17-32-23-15-25(39-4)24(38-3)14-22(23)28(36)33(29(32)37)16-19-10-12-20(13-11-19)27(35)31-21-8-6-5-7-9-21/h5-15,18H,16-17H2,1-4H3,(H,30,34)(H,31,35). The van der Waals surface area contributed by atoms with E-state index in [4.69, 9.17) is 9.47 Å². The van der Waals surface area contributed by atoms with Crippen molar-refractivity contribution in [2.45, 2.75) is 33.0 Å². The second-order valence-corrected chi connectivity index (χ2v) is 9.22. The molecule has 202 valence electrons. The van der Waals surface area contributed by atoms with Gasteiger partial charge in [-0.3, -0.25) is 23.5 Å². The van der Waals surface area contributed by atoms with Crippen LogP contribution in [-0.2, 0) is 17.9 Å². The molecule has 0 saturated carbocycles. The fourth-order valence-electron chi connectivity index (χ4n) is 4.22. The summed E-state index contributed by atoms with van der Waals surface area (Å²) in [7, 11) is 2.90. The van der Waals surface area contributed by atoms with E-state index in [-0.39, 0.29) is 41.8 Å². The molecule has 0 atom stereocenters. The molecule has 0 fully saturated rings. The summed E-state index contributed by atoms with van der Waals surface area (Å²) in [5.41, 5.74) is 0.789. The average Bonchev–Trinajstić information content (AvgIpc) is 2.93. The highest BCUT2D eigenvalue weighted by molar-refractivity contribution is 6.04. The van der Waals surface area contributed by atoms with Gasteiger partial charge in [0, 0.05) is 23.4 Å². The molecule has 0 bridgehead atoms. The van der Waals surface area contributed by atoms with E-state index < -0.39 is 11.2 Å². The van der Waals surface area contributed by atoms with E-state index in [2.05, 4.69) is 10.6 Å². The number of nitrogens with one attached hydrogen (secondary N) is 2. The minimum absolute atomic E-state index is 0.0612. The molecule has 0 radical (unpaired) electrons. The van der Waals surface area contributed by atoms with Gasteiger partial charge in [-0.2, -0.15) is 0 Å². The van der Waals surface area contributed by atoms with Gasteiger partial charge in [0.15, 0.2) is 11.5 Å². The Bertz CT molecular complexity index is 1620. The summed E-state index contributed by atoms with van der Waals surface area (Å²) >= 11 is 0. The Morgan fingerprint density at radius 3 is 2.13 bits per heavy atom. The summed E-state index contributed by atoms with van der Waals surface area (Å²) in [4.78, 5) is 52.3. The molecule has 39 heavy (non-hydrogen) atoms. The fraction of sp³-hybridized carbons (Fsp3) is 0.241. The Kier molecular flexibility index (Phi) is 8.14. The van der Waals surface area contributed by atoms with Crippen LogP contribution in [0.2, 0.25) is 0 Å². The molecule has 0 unspecified atom stereocenters. The number of nitrogens with zero attached hydrogens (tertiary/aromatic N) is 2. The first-order valence-corrected chi connectivity index (χ1v) is 12.4. The number of carbonyl (C=O) groups is 2. The maximum Gasteiger partial charge on any atom is 0.332 e. The lowest BCUT2D eigenvalue weighted by Gasteiger charge is -2.17. The molecule has 4 aromatic rings. The molecule has 4 rings (SSSR count). The first-order chi connectivity index (χ1) is 18.7. The second-order valence-electron chi connectivity index (χ2n) is 9.22. The number of hydrogen-bond donors (Lipinski definition) is 2. The van der Waals surface area contributed by atoms with Gasteiger partial charge in [0.2, 0.25) is 5.91 Å². The summed E-state index contributed by atoms with van der Waals surface area (Å²) in [6.45, 7) is 3.28. The number of amides is 2. The minimum Gasteiger partial charge on any atom is -0.493 e. The fourth-order valence-corrected chi connectivity index (χ4v) is 4.22. The summed E-state index contributed by atoms with van der Waals surface area (Å²) < 4.78 is 13.0. The van der Waals surface area contributed by atoms with Crippen molar-refractivity contribution in [3.8, 4) is 11.5 Å². The molecule has 0 aliphatic rings. The van der Waals surface area contributed by atoms with Crippen LogP contribution in [0, 0.1) is 0 Å². The van der Waals surface area contributed by atoms with E-state index >= 15 is 0 Å². The molecule has 10 nitrogen and oxygen atoms in total. The highest BCUT2D eigenvalue weighted by atomic mass is 16.5. The van der Waals surface area contributed by atoms with Gasteiger partial charge >= 0.3 is 5.69 Å². The van der Waals surface area contributed by atoms with Gasteiger partial charge in [-0.25, -0.2) is 4.79 Å². The lowest BCUT2D eigenvalue weighted by molar-refractivity contribution is -0.122. The zero-order valence-electron chi connectivity index (χ0n) is 22.2. The maximum atomic E-state index is 13.6. The van der Waals surface area contributed by atoms with E-state index in [1.54, 1.807) is 36.4 Å². The molecule has 1 heterocycles. The van der Waals surface area contributed by atoms with Crippen molar-refractivity contribution < 1.29 is 19.1 Å². The topological polar surface area (TPSA) is 121 Å². The summed E-state index contributed by atoms with van der Waals surface area (Å²) in [6.07, 6.45) is 0. The highest BCUT2D eigenvalue weighted by Crippen LogP contribution is 2.30. The third-order valence-corrected chi connectivity index (χ3v) is 6.07. The predicted octanol–water partition coefficient (Wildman–Crippen LogP) is 3.01. The monoisotopic (exact) mass is 530 g/mol. The van der Waals surface area contributed by atoms with E-state index in [1.807, 2.05) is 32.0 Å². The first-order valence-electron chi connectivity index (χ1n) is 12.4. The van der Waals surface area contributed by atoms with Crippen molar-refractivity contribution in [3.63, 3.8) is 0 Å². The summed E-state index contributed by atoms with van der Waals surface area (Å²) in [6, 6.07) is 18.6. The number of para-hydroxylation sites is 1. The molecule has 3 aromatic carbocycles. The van der Waals surface area contributed by atoms with Crippen LogP contribution in [-0.4, -0.2) is 41.2 Å². The molecule has 2 N–H and O–H groups in total. The highest BCUT2D eigenvalue weighted by Gasteiger charge is 2.19. The summed E-state index contributed by atoms with van der Waals surface area (Å²) in [5, 5.41) is 5.79. The zero-order valence-corrected chi connectivity index (χ0v) is 22.2. The number of benzene rings is 3. The van der Waals surface area contributed by atoms with Crippen molar-refractivity contribution in [3.05, 3.63) is 98.7 Å². The molecular formula is C29H30N4O6. The third-order valence-electron chi connectivity index (χ3n) is 6.07. The molecular weight excluding hydrogens is 500 g/mol. The zero-order chi connectivity index (χ0) is 28.1. The number of aromatic nitrogens is 2. The van der Waals surface area contributed by atoms with Crippen LogP contribution in [0.5, 0.6) is 11.5 Å². The van der Waals surface area contributed by atoms with Crippen LogP contribution < -0.4 is 31.4 Å². The van der Waals surface area contributed by atoms with Crippen LogP contribution in [0.25, 0.3) is 10.9 Å². The lowest BCUT2D eigenvalue weighted by Crippen LogP contribution is -2.43. The smallest absolute Gasteiger partial charge is 0.332 e. The van der Waals surface area contributed by atoms with Crippen molar-refractivity contribution in [2.24, 2.45) is 0 Å². The van der Waals surface area contributed by atoms with Crippen LogP contribution in [0.4, 0.5) is 5.69 Å². The molecule has 0 spiro atoms. The van der Waals surface area contributed by atoms with Crippen LogP contribution in [0.3, 0.4) is 0 Å². The van der Waals surface area contributed by atoms with E-state index in [0.29, 0.717) is 28.3 Å². The van der Waals surface area contributed by atoms with Gasteiger partial charge < -0.3 is 20.1 Å². The maximum absolute atomic E-state index is 13.6. The Balaban J connectivity index is 1.73. The van der Waals surface area contributed by atoms with Crippen molar-refractivity contribution in [2.75, 3.05) is 19.5 Å². The van der Waals surface area contributed by atoms with E-state index in [9.17, 15) is 19.2 Å². The number of carbonyl (C=O) groups excluding carboxylic acids is 2. The van der Waals surface area contributed by atoms with Crippen molar-refractivity contribution in [1.29, 1.82) is 0 Å². The molecule has 0 saturated heterocycles. The number of anilines is 1. The van der Waals surface area contributed by atoms with Gasteiger partial charge in [-0.1, -0.05) is 30.3 Å². The number of fused-ring (bicyclic) bond motifs is 1. The van der Waals surface area contributed by atoms with Gasteiger partial charge in [-0.15, -0.1) is 0 Å². The van der Waals surface area contributed by atoms with Gasteiger partial charge in [0.1, 0.15) is 6.54 Å². The molecule has 10 heteroatoms. The largest absolute Gasteiger partial charge is 0.493 e. The molecule has 0 aliphatic heterocycles. The first kappa shape index (κ1) is 27.2. The van der Waals surface area contributed by atoms with Gasteiger partial charge in [0.05, 0.1) is 31.7 Å². The van der Waals surface area contributed by atoms with Gasteiger partial charge in [0.25, 0.3) is 11.5 Å². The van der Waals surface area contributed by atoms with Gasteiger partial charge in [-0.05, 0) is 49.7 Å². The lowest BCUT2D eigenvalue weighted by atomic mass is 10.1. The van der Waals surface area contributed by atoms with Crippen LogP contribution >= 0.6 is 0 Å². The Morgan fingerprint density at radius 2 is 1.51 bits per heavy atom. The van der Waals surface area contributed by atoms with E-state index in [1.165, 1.54) is 30.9 Å². The molecule has 0 aliphatic carbocycles. The van der Waals surface area contributed by atoms with Crippen molar-refractivity contribution >= 4 is 28.4 Å². The quantitative estimate of drug-likeness (QED) is 0.343. The number of methoxy groups -OCH3 is 2.